The molecule has 230 valence electrons. The van der Waals surface area contributed by atoms with Crippen molar-refractivity contribution in [3.63, 3.8) is 0 Å². The van der Waals surface area contributed by atoms with Gasteiger partial charge in [-0.1, -0.05) is 94.9 Å². The molecule has 0 radical (unpaired) electrons. The van der Waals surface area contributed by atoms with Crippen molar-refractivity contribution in [3.05, 3.63) is 12.7 Å². The summed E-state index contributed by atoms with van der Waals surface area (Å²) in [4.78, 5) is 12.4. The third kappa shape index (κ3) is 16.8. The summed E-state index contributed by atoms with van der Waals surface area (Å²) in [7, 11) is -2.18. The topological polar surface area (TPSA) is 149 Å². The fourth-order valence-corrected chi connectivity index (χ4v) is 5.82. The summed E-state index contributed by atoms with van der Waals surface area (Å²) in [5.41, 5.74) is 7.03. The van der Waals surface area contributed by atoms with E-state index in [1.54, 1.807) is 6.33 Å². The summed E-state index contributed by atoms with van der Waals surface area (Å²) in [6, 6.07) is 0. The van der Waals surface area contributed by atoms with Crippen molar-refractivity contribution in [2.75, 3.05) is 30.6 Å². The van der Waals surface area contributed by atoms with Crippen LogP contribution in [0.5, 0.6) is 0 Å². The molecule has 40 heavy (non-hydrogen) atoms. The van der Waals surface area contributed by atoms with Crippen molar-refractivity contribution in [1.29, 1.82) is 0 Å². The van der Waals surface area contributed by atoms with Gasteiger partial charge < -0.3 is 21.2 Å². The third-order valence-corrected chi connectivity index (χ3v) is 8.53. The second-order valence-electron chi connectivity index (χ2n) is 10.2. The molecule has 0 fully saturated rings. The Morgan fingerprint density at radius 1 is 0.875 bits per heavy atom. The Labute approximate surface area is 246 Å². The SMILES string of the molecule is CCCCCCCCCCCCCCCCSCCCO[P+](=O)OCO[C@H](C)Cn1cnc2c(N)ncnc21.N. The first-order chi connectivity index (χ1) is 19.1. The van der Waals surface area contributed by atoms with E-state index in [0.717, 1.165) is 12.2 Å². The number of hydrogen-bond donors (Lipinski definition) is 2. The van der Waals surface area contributed by atoms with E-state index < -0.39 is 8.25 Å². The van der Waals surface area contributed by atoms with Gasteiger partial charge in [0.2, 0.25) is 6.79 Å². The fraction of sp³-hybridized carbons (Fsp3) is 0.821. The number of nitrogens with two attached hydrogens (primary N) is 1. The standard InChI is InChI=1S/C28H51N5O4PS.H3N/c1-3-4-5-6-7-8-9-10-11-12-13-14-15-16-19-39-20-17-18-36-38(34)37-24-35-25(2)21-33-23-32-26-27(29)30-22-31-28(26)33;/h22-23,25H,3-21,24H2,1-2H3,(H2,29,30,31);1H3/q+1;/t25-;/m1./s1. The van der Waals surface area contributed by atoms with Gasteiger partial charge in [-0.05, 0) is 31.3 Å². The largest absolute Gasteiger partial charge is 0.699 e. The highest BCUT2D eigenvalue weighted by atomic mass is 32.2. The monoisotopic (exact) mass is 601 g/mol. The number of rotatable bonds is 26. The third-order valence-electron chi connectivity index (χ3n) is 6.67. The van der Waals surface area contributed by atoms with Crippen LogP contribution in [0, 0.1) is 0 Å². The molecule has 0 aliphatic heterocycles. The first-order valence-corrected chi connectivity index (χ1v) is 17.2. The molecule has 0 aliphatic carbocycles. The minimum Gasteiger partial charge on any atom is -0.382 e. The Hall–Kier alpha value is -1.36. The molecule has 0 saturated carbocycles. The molecule has 2 rings (SSSR count). The lowest BCUT2D eigenvalue weighted by molar-refractivity contribution is -0.0367. The molecular formula is C28H54N6O4PS+. The van der Waals surface area contributed by atoms with E-state index in [1.165, 1.54) is 102 Å². The molecule has 12 heteroatoms. The fourth-order valence-electron chi connectivity index (χ4n) is 4.39. The summed E-state index contributed by atoms with van der Waals surface area (Å²) in [6.07, 6.45) is 23.2. The number of aromatic nitrogens is 4. The maximum Gasteiger partial charge on any atom is 0.699 e. The lowest BCUT2D eigenvalue weighted by Crippen LogP contribution is -2.17. The molecule has 2 aromatic rings. The highest BCUT2D eigenvalue weighted by molar-refractivity contribution is 7.99. The van der Waals surface area contributed by atoms with E-state index in [0.29, 0.717) is 30.1 Å². The summed E-state index contributed by atoms with van der Waals surface area (Å²) < 4.78 is 29.8. The van der Waals surface area contributed by atoms with E-state index in [1.807, 2.05) is 23.3 Å². The summed E-state index contributed by atoms with van der Waals surface area (Å²) in [6.45, 7) is 5.00. The van der Waals surface area contributed by atoms with E-state index in [-0.39, 0.29) is 19.0 Å². The van der Waals surface area contributed by atoms with Crippen LogP contribution in [-0.4, -0.2) is 50.5 Å². The van der Waals surface area contributed by atoms with Gasteiger partial charge in [-0.3, -0.25) is 0 Å². The smallest absolute Gasteiger partial charge is 0.382 e. The molecular weight excluding hydrogens is 547 g/mol. The first-order valence-electron chi connectivity index (χ1n) is 15.0. The van der Waals surface area contributed by atoms with Crippen molar-refractivity contribution in [2.24, 2.45) is 0 Å². The maximum atomic E-state index is 11.9. The summed E-state index contributed by atoms with van der Waals surface area (Å²) in [5, 5.41) is 0. The van der Waals surface area contributed by atoms with Crippen LogP contribution < -0.4 is 11.9 Å². The van der Waals surface area contributed by atoms with Crippen molar-refractivity contribution in [3.8, 4) is 0 Å². The van der Waals surface area contributed by atoms with E-state index >= 15 is 0 Å². The maximum absolute atomic E-state index is 11.9. The highest BCUT2D eigenvalue weighted by Crippen LogP contribution is 2.24. The lowest BCUT2D eigenvalue weighted by Gasteiger charge is -2.11. The first kappa shape index (κ1) is 36.7. The molecule has 10 nitrogen and oxygen atoms in total. The molecule has 0 bridgehead atoms. The number of hydrogen-bond acceptors (Lipinski definition) is 10. The average Bonchev–Trinajstić information content (AvgIpc) is 3.33. The van der Waals surface area contributed by atoms with Gasteiger partial charge in [0.15, 0.2) is 11.5 Å². The number of thioether (sulfide) groups is 1. The molecule has 5 N–H and O–H groups in total. The van der Waals surface area contributed by atoms with Gasteiger partial charge in [-0.15, -0.1) is 4.52 Å². The van der Waals surface area contributed by atoms with Crippen LogP contribution in [-0.2, 0) is 24.9 Å². The predicted molar refractivity (Wildman–Crippen MR) is 167 cm³/mol. The van der Waals surface area contributed by atoms with Gasteiger partial charge in [0.05, 0.1) is 19.0 Å². The molecule has 0 saturated heterocycles. The van der Waals surface area contributed by atoms with Crippen LogP contribution in [0.15, 0.2) is 12.7 Å². The summed E-state index contributed by atoms with van der Waals surface area (Å²) in [5.74, 6) is 2.55. The molecule has 1 unspecified atom stereocenters. The number of fused-ring (bicyclic) bond motifs is 1. The Balaban J connectivity index is 0.00000800. The van der Waals surface area contributed by atoms with Crippen molar-refractivity contribution >= 4 is 37.0 Å². The van der Waals surface area contributed by atoms with Crippen molar-refractivity contribution < 1.29 is 18.3 Å². The summed E-state index contributed by atoms with van der Waals surface area (Å²) >= 11 is 1.95. The van der Waals surface area contributed by atoms with Gasteiger partial charge in [-0.25, -0.2) is 15.0 Å². The quantitative estimate of drug-likeness (QED) is 0.0613. The Morgan fingerprint density at radius 3 is 2.12 bits per heavy atom. The molecule has 0 aromatic carbocycles. The lowest BCUT2D eigenvalue weighted by atomic mass is 10.0. The number of ether oxygens (including phenoxy) is 1. The van der Waals surface area contributed by atoms with Gasteiger partial charge in [0, 0.05) is 4.57 Å². The van der Waals surface area contributed by atoms with Crippen molar-refractivity contribution in [2.45, 2.75) is 123 Å². The Kier molecular flexibility index (Phi) is 22.2. The number of imidazole rings is 1. The number of anilines is 1. The Morgan fingerprint density at radius 2 is 1.48 bits per heavy atom. The number of unbranched alkanes of at least 4 members (excludes halogenated alkanes) is 13. The van der Waals surface area contributed by atoms with Crippen LogP contribution in [0.2, 0.25) is 0 Å². The Bertz CT molecular complexity index is 907. The van der Waals surface area contributed by atoms with E-state index in [9.17, 15) is 4.57 Å². The second kappa shape index (κ2) is 24.3. The van der Waals surface area contributed by atoms with Gasteiger partial charge in [0.1, 0.15) is 18.5 Å². The molecule has 0 spiro atoms. The molecule has 2 atom stereocenters. The minimum absolute atomic E-state index is 0. The van der Waals surface area contributed by atoms with Crippen LogP contribution >= 0.6 is 20.0 Å². The average molecular weight is 602 g/mol. The molecule has 0 aliphatic rings. The van der Waals surface area contributed by atoms with Crippen LogP contribution in [0.1, 0.15) is 110 Å². The number of nitrogens with zero attached hydrogens (tertiary/aromatic N) is 4. The zero-order valence-corrected chi connectivity index (χ0v) is 26.6. The minimum atomic E-state index is -2.18. The van der Waals surface area contributed by atoms with Crippen LogP contribution in [0.4, 0.5) is 5.82 Å². The normalized spacial score (nSPS) is 12.5. The zero-order chi connectivity index (χ0) is 28.0. The molecule has 2 heterocycles. The van der Waals surface area contributed by atoms with Gasteiger partial charge in [0.25, 0.3) is 0 Å². The number of nitrogen functional groups attached to an aromatic ring is 1. The van der Waals surface area contributed by atoms with E-state index in [4.69, 9.17) is 19.5 Å². The van der Waals surface area contributed by atoms with Crippen molar-refractivity contribution in [1.82, 2.24) is 25.7 Å². The second-order valence-corrected chi connectivity index (χ2v) is 12.4. The van der Waals surface area contributed by atoms with Gasteiger partial charge >= 0.3 is 8.25 Å². The molecule has 0 amide bonds. The van der Waals surface area contributed by atoms with Crippen LogP contribution in [0.3, 0.4) is 0 Å². The highest BCUT2D eigenvalue weighted by Gasteiger charge is 2.21. The zero-order valence-electron chi connectivity index (χ0n) is 24.9. The molecule has 2 aromatic heterocycles. The van der Waals surface area contributed by atoms with Gasteiger partial charge in [-0.2, -0.15) is 11.8 Å². The van der Waals surface area contributed by atoms with E-state index in [2.05, 4.69) is 21.9 Å². The van der Waals surface area contributed by atoms with Crippen LogP contribution in [0.25, 0.3) is 11.2 Å². The predicted octanol–water partition coefficient (Wildman–Crippen LogP) is 8.23.